The van der Waals surface area contributed by atoms with E-state index >= 15 is 0 Å². The number of nitrogens with zero attached hydrogens (tertiary/aromatic N) is 2. The van der Waals surface area contributed by atoms with Crippen LogP contribution in [0.25, 0.3) is 11.1 Å². The van der Waals surface area contributed by atoms with Crippen LogP contribution in [0.2, 0.25) is 0 Å². The van der Waals surface area contributed by atoms with E-state index in [1.807, 2.05) is 54.6 Å². The molecular weight excluding hydrogens is 228 g/mol. The highest BCUT2D eigenvalue weighted by Crippen LogP contribution is 2.26. The zero-order chi connectivity index (χ0) is 12.4. The van der Waals surface area contributed by atoms with Crippen molar-refractivity contribution in [3.8, 4) is 0 Å². The van der Waals surface area contributed by atoms with Crippen LogP contribution in [0.15, 0.2) is 59.0 Å². The lowest BCUT2D eigenvalue weighted by Crippen LogP contribution is -2.13. The third kappa shape index (κ3) is 1.73. The van der Waals surface area contributed by atoms with Crippen LogP contribution in [-0.4, -0.2) is 11.4 Å². The number of fused-ring (bicyclic) bond motifs is 1. The minimum Gasteiger partial charge on any atom is -0.423 e. The number of anilines is 2. The monoisotopic (exact) mass is 238 g/mol. The summed E-state index contributed by atoms with van der Waals surface area (Å²) >= 11 is 0. The second-order valence-electron chi connectivity index (χ2n) is 3.78. The van der Waals surface area contributed by atoms with Crippen LogP contribution in [0.5, 0.6) is 0 Å². The highest BCUT2D eigenvalue weighted by Gasteiger charge is 2.14. The molecule has 2 aromatic carbocycles. The molecule has 0 fully saturated rings. The zero-order valence-electron chi connectivity index (χ0n) is 9.48. The first kappa shape index (κ1) is 10.5. The fourth-order valence-electron chi connectivity index (χ4n) is 1.77. The van der Waals surface area contributed by atoms with Gasteiger partial charge in [0.05, 0.1) is 5.69 Å². The minimum absolute atomic E-state index is 0.275. The Kier molecular flexibility index (Phi) is 2.53. The van der Waals surface area contributed by atoms with E-state index in [0.717, 1.165) is 11.2 Å². The quantitative estimate of drug-likeness (QED) is 0.658. The lowest BCUT2D eigenvalue weighted by atomic mass is 10.3. The van der Waals surface area contributed by atoms with Crippen molar-refractivity contribution < 1.29 is 9.21 Å². The molecule has 1 amide bonds. The van der Waals surface area contributed by atoms with Crippen LogP contribution < -0.4 is 4.90 Å². The molecule has 0 radical (unpaired) electrons. The number of carbonyl (C=O) groups excluding carboxylic acids is 1. The van der Waals surface area contributed by atoms with Crippen molar-refractivity contribution in [3.05, 3.63) is 54.6 Å². The van der Waals surface area contributed by atoms with E-state index in [2.05, 4.69) is 4.98 Å². The van der Waals surface area contributed by atoms with E-state index in [1.165, 1.54) is 4.90 Å². The molecule has 0 atom stereocenters. The van der Waals surface area contributed by atoms with E-state index < -0.39 is 0 Å². The molecule has 1 aromatic heterocycles. The summed E-state index contributed by atoms with van der Waals surface area (Å²) in [7, 11) is 0. The molecule has 3 aromatic rings. The Morgan fingerprint density at radius 1 is 1.00 bits per heavy atom. The molecule has 4 heteroatoms. The van der Waals surface area contributed by atoms with E-state index in [4.69, 9.17) is 4.42 Å². The lowest BCUT2D eigenvalue weighted by molar-refractivity contribution is -0.107. The summed E-state index contributed by atoms with van der Waals surface area (Å²) in [5.41, 5.74) is 2.12. The first-order valence-corrected chi connectivity index (χ1v) is 5.53. The standard InChI is InChI=1S/C14H10N2O2/c17-10-16(11-6-2-1-3-7-11)14-15-12-8-4-5-9-13(12)18-14/h1-10H. The molecule has 88 valence electrons. The summed E-state index contributed by atoms with van der Waals surface area (Å²) < 4.78 is 5.56. The van der Waals surface area contributed by atoms with Gasteiger partial charge in [0.25, 0.3) is 0 Å². The molecular formula is C14H10N2O2. The molecule has 0 saturated carbocycles. The van der Waals surface area contributed by atoms with Gasteiger partial charge in [0, 0.05) is 0 Å². The number of amides is 1. The smallest absolute Gasteiger partial charge is 0.309 e. The predicted molar refractivity (Wildman–Crippen MR) is 68.7 cm³/mol. The van der Waals surface area contributed by atoms with Crippen molar-refractivity contribution in [3.63, 3.8) is 0 Å². The van der Waals surface area contributed by atoms with Crippen molar-refractivity contribution >= 4 is 29.2 Å². The van der Waals surface area contributed by atoms with Crippen LogP contribution in [0, 0.1) is 0 Å². The van der Waals surface area contributed by atoms with Gasteiger partial charge in [-0.1, -0.05) is 30.3 Å². The first-order chi connectivity index (χ1) is 8.88. The van der Waals surface area contributed by atoms with Crippen molar-refractivity contribution in [1.29, 1.82) is 0 Å². The molecule has 0 aliphatic carbocycles. The maximum atomic E-state index is 11.2. The molecule has 18 heavy (non-hydrogen) atoms. The van der Waals surface area contributed by atoms with E-state index in [9.17, 15) is 4.79 Å². The zero-order valence-corrected chi connectivity index (χ0v) is 9.48. The highest BCUT2D eigenvalue weighted by molar-refractivity contribution is 5.85. The second-order valence-corrected chi connectivity index (χ2v) is 3.78. The van der Waals surface area contributed by atoms with Crippen LogP contribution in [0.1, 0.15) is 0 Å². The summed E-state index contributed by atoms with van der Waals surface area (Å²) in [6.45, 7) is 0. The Morgan fingerprint density at radius 3 is 2.44 bits per heavy atom. The van der Waals surface area contributed by atoms with Gasteiger partial charge in [-0.25, -0.2) is 4.90 Å². The fourth-order valence-corrected chi connectivity index (χ4v) is 1.77. The van der Waals surface area contributed by atoms with Crippen molar-refractivity contribution in [2.45, 2.75) is 0 Å². The molecule has 0 aliphatic heterocycles. The van der Waals surface area contributed by atoms with Gasteiger partial charge in [-0.15, -0.1) is 0 Å². The van der Waals surface area contributed by atoms with Crippen LogP contribution >= 0.6 is 0 Å². The summed E-state index contributed by atoms with van der Waals surface area (Å²) in [5, 5.41) is 0. The van der Waals surface area contributed by atoms with Crippen LogP contribution in [0.3, 0.4) is 0 Å². The number of hydrogen-bond donors (Lipinski definition) is 0. The summed E-state index contributed by atoms with van der Waals surface area (Å²) in [6, 6.07) is 16.9. The summed E-state index contributed by atoms with van der Waals surface area (Å²) in [4.78, 5) is 16.9. The van der Waals surface area contributed by atoms with Gasteiger partial charge < -0.3 is 4.42 Å². The Morgan fingerprint density at radius 2 is 1.72 bits per heavy atom. The van der Waals surface area contributed by atoms with E-state index in [0.29, 0.717) is 12.0 Å². The normalized spacial score (nSPS) is 10.4. The number of para-hydroxylation sites is 3. The maximum absolute atomic E-state index is 11.2. The number of aromatic nitrogens is 1. The van der Waals surface area contributed by atoms with Crippen LogP contribution in [0.4, 0.5) is 11.7 Å². The number of carbonyl (C=O) groups is 1. The third-order valence-electron chi connectivity index (χ3n) is 2.63. The van der Waals surface area contributed by atoms with Crippen LogP contribution in [-0.2, 0) is 4.79 Å². The lowest BCUT2D eigenvalue weighted by Gasteiger charge is -2.11. The third-order valence-corrected chi connectivity index (χ3v) is 2.63. The van der Waals surface area contributed by atoms with Gasteiger partial charge in [-0.05, 0) is 24.3 Å². The van der Waals surface area contributed by atoms with Gasteiger partial charge in [-0.3, -0.25) is 4.79 Å². The van der Waals surface area contributed by atoms with Gasteiger partial charge in [0.15, 0.2) is 5.58 Å². The van der Waals surface area contributed by atoms with Gasteiger partial charge in [0.2, 0.25) is 6.41 Å². The topological polar surface area (TPSA) is 46.3 Å². The molecule has 0 unspecified atom stereocenters. The Balaban J connectivity index is 2.09. The van der Waals surface area contributed by atoms with Gasteiger partial charge in [-0.2, -0.15) is 4.98 Å². The predicted octanol–water partition coefficient (Wildman–Crippen LogP) is 3.12. The Labute approximate surface area is 103 Å². The molecule has 1 heterocycles. The average molecular weight is 238 g/mol. The van der Waals surface area contributed by atoms with Crippen molar-refractivity contribution in [2.24, 2.45) is 0 Å². The molecule has 0 bridgehead atoms. The van der Waals surface area contributed by atoms with E-state index in [1.54, 1.807) is 0 Å². The fraction of sp³-hybridized carbons (Fsp3) is 0. The number of oxazole rings is 1. The largest absolute Gasteiger partial charge is 0.423 e. The Bertz CT molecular complexity index is 643. The minimum atomic E-state index is 0.275. The first-order valence-electron chi connectivity index (χ1n) is 5.53. The number of benzene rings is 2. The van der Waals surface area contributed by atoms with Gasteiger partial charge in [0.1, 0.15) is 5.52 Å². The van der Waals surface area contributed by atoms with Crippen molar-refractivity contribution in [2.75, 3.05) is 4.90 Å². The molecule has 0 aliphatic rings. The molecule has 0 N–H and O–H groups in total. The highest BCUT2D eigenvalue weighted by atomic mass is 16.4. The second kappa shape index (κ2) is 4.33. The number of hydrogen-bond acceptors (Lipinski definition) is 3. The molecule has 0 saturated heterocycles. The Hall–Kier alpha value is -2.62. The number of rotatable bonds is 3. The summed E-state index contributed by atoms with van der Waals surface area (Å²) in [5.74, 6) is 0. The van der Waals surface area contributed by atoms with E-state index in [-0.39, 0.29) is 6.01 Å². The van der Waals surface area contributed by atoms with Gasteiger partial charge >= 0.3 is 6.01 Å². The average Bonchev–Trinajstić information content (AvgIpc) is 2.84. The SMILES string of the molecule is O=CN(c1ccccc1)c1nc2ccccc2o1. The molecule has 4 nitrogen and oxygen atoms in total. The molecule has 3 rings (SSSR count). The van der Waals surface area contributed by atoms with Crippen molar-refractivity contribution in [1.82, 2.24) is 4.98 Å². The summed E-state index contributed by atoms with van der Waals surface area (Å²) in [6.07, 6.45) is 0.694. The molecule has 0 spiro atoms. The maximum Gasteiger partial charge on any atom is 0.309 e.